The van der Waals surface area contributed by atoms with E-state index in [9.17, 15) is 9.59 Å². The van der Waals surface area contributed by atoms with E-state index in [0.29, 0.717) is 12.0 Å². The highest BCUT2D eigenvalue weighted by molar-refractivity contribution is 6.14. The Hall–Kier alpha value is -1.96. The molecule has 0 fully saturated rings. The number of hydrogen-bond donors (Lipinski definition) is 0. The monoisotopic (exact) mass is 226 g/mol. The van der Waals surface area contributed by atoms with Gasteiger partial charge in [-0.3, -0.25) is 9.59 Å². The first-order valence-corrected chi connectivity index (χ1v) is 5.75. The van der Waals surface area contributed by atoms with Crippen LogP contribution in [0.15, 0.2) is 42.5 Å². The third-order valence-corrected chi connectivity index (χ3v) is 2.84. The second-order valence-corrected chi connectivity index (χ2v) is 4.02. The van der Waals surface area contributed by atoms with Gasteiger partial charge in [-0.25, -0.2) is 0 Å². The summed E-state index contributed by atoms with van der Waals surface area (Å²) in [6.07, 6.45) is 0.418. The fourth-order valence-corrected chi connectivity index (χ4v) is 1.87. The Morgan fingerprint density at radius 3 is 2.47 bits per heavy atom. The molecule has 17 heavy (non-hydrogen) atoms. The van der Waals surface area contributed by atoms with Crippen LogP contribution in [0.2, 0.25) is 0 Å². The van der Waals surface area contributed by atoms with Gasteiger partial charge in [0.15, 0.2) is 5.78 Å². The summed E-state index contributed by atoms with van der Waals surface area (Å²) in [7, 11) is 0. The number of ketones is 2. The van der Waals surface area contributed by atoms with Crippen LogP contribution in [-0.2, 0) is 4.79 Å². The second kappa shape index (κ2) is 4.91. The van der Waals surface area contributed by atoms with Gasteiger partial charge in [0.2, 0.25) is 0 Å². The molecule has 2 rings (SSSR count). The van der Waals surface area contributed by atoms with Gasteiger partial charge in [-0.2, -0.15) is 0 Å². The summed E-state index contributed by atoms with van der Waals surface area (Å²) in [5.74, 6) is -0.100. The zero-order valence-electron chi connectivity index (χ0n) is 9.77. The highest BCUT2D eigenvalue weighted by Gasteiger charge is 2.12. The number of fused-ring (bicyclic) bond motifs is 1. The first-order chi connectivity index (χ1) is 8.22. The van der Waals surface area contributed by atoms with Crippen LogP contribution in [0.1, 0.15) is 30.1 Å². The molecule has 0 radical (unpaired) electrons. The molecule has 86 valence electrons. The van der Waals surface area contributed by atoms with Crippen molar-refractivity contribution in [2.24, 2.45) is 0 Å². The van der Waals surface area contributed by atoms with Crippen LogP contribution in [-0.4, -0.2) is 11.6 Å². The van der Waals surface area contributed by atoms with E-state index in [2.05, 4.69) is 0 Å². The average Bonchev–Trinajstić information content (AvgIpc) is 2.37. The molecule has 0 saturated heterocycles. The molecule has 0 unspecified atom stereocenters. The van der Waals surface area contributed by atoms with Crippen LogP contribution in [0.4, 0.5) is 0 Å². The zero-order chi connectivity index (χ0) is 12.3. The van der Waals surface area contributed by atoms with E-state index in [-0.39, 0.29) is 18.0 Å². The zero-order valence-corrected chi connectivity index (χ0v) is 9.77. The largest absolute Gasteiger partial charge is 0.299 e. The molecule has 0 aromatic heterocycles. The van der Waals surface area contributed by atoms with Gasteiger partial charge in [0, 0.05) is 12.0 Å². The maximum Gasteiger partial charge on any atom is 0.170 e. The molecule has 0 saturated carbocycles. The molecule has 0 aliphatic carbocycles. The van der Waals surface area contributed by atoms with E-state index >= 15 is 0 Å². The van der Waals surface area contributed by atoms with Gasteiger partial charge in [-0.1, -0.05) is 49.4 Å². The lowest BCUT2D eigenvalue weighted by molar-refractivity contribution is -0.117. The topological polar surface area (TPSA) is 34.1 Å². The van der Waals surface area contributed by atoms with Gasteiger partial charge in [0.25, 0.3) is 0 Å². The maximum atomic E-state index is 12.0. The van der Waals surface area contributed by atoms with E-state index in [1.807, 2.05) is 36.4 Å². The summed E-state index contributed by atoms with van der Waals surface area (Å²) in [4.78, 5) is 23.3. The van der Waals surface area contributed by atoms with Crippen molar-refractivity contribution in [2.75, 3.05) is 0 Å². The van der Waals surface area contributed by atoms with Crippen LogP contribution in [0.25, 0.3) is 10.8 Å². The van der Waals surface area contributed by atoms with Crippen molar-refractivity contribution in [1.82, 2.24) is 0 Å². The molecule has 2 aromatic rings. The van der Waals surface area contributed by atoms with Crippen molar-refractivity contribution >= 4 is 22.3 Å². The fraction of sp³-hybridized carbons (Fsp3) is 0.200. The standard InChI is InChI=1S/C15H14O2/c1-2-12(16)10-15(17)14-9-5-7-11-6-3-4-8-13(11)14/h3-9H,2,10H2,1H3. The Morgan fingerprint density at radius 1 is 1.00 bits per heavy atom. The van der Waals surface area contributed by atoms with E-state index in [0.717, 1.165) is 10.8 Å². The minimum absolute atomic E-state index is 0.00447. The van der Waals surface area contributed by atoms with Crippen molar-refractivity contribution in [3.8, 4) is 0 Å². The van der Waals surface area contributed by atoms with E-state index in [1.165, 1.54) is 0 Å². The molecule has 2 aromatic carbocycles. The Balaban J connectivity index is 2.41. The molecular weight excluding hydrogens is 212 g/mol. The molecule has 0 atom stereocenters. The molecule has 0 bridgehead atoms. The molecule has 0 amide bonds. The van der Waals surface area contributed by atoms with Gasteiger partial charge in [0.05, 0.1) is 6.42 Å². The maximum absolute atomic E-state index is 12.0. The lowest BCUT2D eigenvalue weighted by atomic mass is 9.98. The number of carbonyl (C=O) groups is 2. The molecule has 0 spiro atoms. The number of hydrogen-bond acceptors (Lipinski definition) is 2. The Kier molecular flexibility index (Phi) is 3.33. The highest BCUT2D eigenvalue weighted by atomic mass is 16.1. The van der Waals surface area contributed by atoms with E-state index < -0.39 is 0 Å². The Bertz CT molecular complexity index is 565. The van der Waals surface area contributed by atoms with Gasteiger partial charge < -0.3 is 0 Å². The second-order valence-electron chi connectivity index (χ2n) is 4.02. The van der Waals surface area contributed by atoms with Crippen molar-refractivity contribution in [1.29, 1.82) is 0 Å². The molecule has 0 aliphatic heterocycles. The minimum Gasteiger partial charge on any atom is -0.299 e. The molecule has 0 heterocycles. The van der Waals surface area contributed by atoms with Crippen LogP contribution < -0.4 is 0 Å². The fourth-order valence-electron chi connectivity index (χ4n) is 1.87. The number of rotatable bonds is 4. The van der Waals surface area contributed by atoms with Crippen LogP contribution in [0.5, 0.6) is 0 Å². The summed E-state index contributed by atoms with van der Waals surface area (Å²) >= 11 is 0. The van der Waals surface area contributed by atoms with Gasteiger partial charge in [-0.15, -0.1) is 0 Å². The van der Waals surface area contributed by atoms with Crippen molar-refractivity contribution in [3.63, 3.8) is 0 Å². The quantitative estimate of drug-likeness (QED) is 0.591. The average molecular weight is 226 g/mol. The van der Waals surface area contributed by atoms with Gasteiger partial charge in [-0.05, 0) is 10.8 Å². The first-order valence-electron chi connectivity index (χ1n) is 5.75. The predicted molar refractivity (Wildman–Crippen MR) is 68.2 cm³/mol. The smallest absolute Gasteiger partial charge is 0.170 e. The van der Waals surface area contributed by atoms with Crippen LogP contribution in [0, 0.1) is 0 Å². The number of Topliss-reactive ketones (excluding diaryl/α,β-unsaturated/α-hetero) is 2. The molecule has 2 nitrogen and oxygen atoms in total. The predicted octanol–water partition coefficient (Wildman–Crippen LogP) is 3.39. The van der Waals surface area contributed by atoms with Gasteiger partial charge >= 0.3 is 0 Å². The highest BCUT2D eigenvalue weighted by Crippen LogP contribution is 2.19. The molecule has 2 heteroatoms. The summed E-state index contributed by atoms with van der Waals surface area (Å²) < 4.78 is 0. The molecule has 0 aliphatic rings. The molecule has 0 N–H and O–H groups in total. The summed E-state index contributed by atoms with van der Waals surface area (Å²) in [6, 6.07) is 13.3. The van der Waals surface area contributed by atoms with Crippen molar-refractivity contribution in [3.05, 3.63) is 48.0 Å². The lowest BCUT2D eigenvalue weighted by Gasteiger charge is -2.04. The van der Waals surface area contributed by atoms with Crippen LogP contribution >= 0.6 is 0 Å². The van der Waals surface area contributed by atoms with Crippen molar-refractivity contribution < 1.29 is 9.59 Å². The summed E-state index contributed by atoms with van der Waals surface area (Å²) in [5, 5.41) is 1.95. The number of benzene rings is 2. The Labute approximate surface area is 100 Å². The van der Waals surface area contributed by atoms with Crippen LogP contribution in [0.3, 0.4) is 0 Å². The normalized spacial score (nSPS) is 10.4. The Morgan fingerprint density at radius 2 is 1.71 bits per heavy atom. The van der Waals surface area contributed by atoms with Crippen molar-refractivity contribution in [2.45, 2.75) is 19.8 Å². The molecular formula is C15H14O2. The summed E-state index contributed by atoms with van der Waals surface area (Å²) in [5.41, 5.74) is 0.643. The SMILES string of the molecule is CCC(=O)CC(=O)c1cccc2ccccc12. The third kappa shape index (κ3) is 2.41. The lowest BCUT2D eigenvalue weighted by Crippen LogP contribution is -2.07. The third-order valence-electron chi connectivity index (χ3n) is 2.84. The summed E-state index contributed by atoms with van der Waals surface area (Å²) in [6.45, 7) is 1.78. The van der Waals surface area contributed by atoms with E-state index in [1.54, 1.807) is 13.0 Å². The number of carbonyl (C=O) groups excluding carboxylic acids is 2. The van der Waals surface area contributed by atoms with Gasteiger partial charge in [0.1, 0.15) is 5.78 Å². The minimum atomic E-state index is -0.0892. The van der Waals surface area contributed by atoms with E-state index in [4.69, 9.17) is 0 Å². The first kappa shape index (κ1) is 11.5.